The monoisotopic (exact) mass is 465 g/mol. The molecule has 1 unspecified atom stereocenters. The van der Waals surface area contributed by atoms with E-state index in [0.717, 1.165) is 14.7 Å². The Hall–Kier alpha value is -0.530. The van der Waals surface area contributed by atoms with Crippen LogP contribution in [-0.2, 0) is 6.42 Å². The average molecular weight is 466 g/mol. The second kappa shape index (κ2) is 7.15. The first-order valence-corrected chi connectivity index (χ1v) is 8.37. The van der Waals surface area contributed by atoms with Crippen LogP contribution in [0.4, 0.5) is 8.78 Å². The Labute approximate surface area is 145 Å². The van der Waals surface area contributed by atoms with Crippen LogP contribution in [0.15, 0.2) is 34.8 Å². The van der Waals surface area contributed by atoms with E-state index >= 15 is 0 Å². The molecule has 2 aromatic rings. The standard InChI is InChI=1S/C16H15BrF2IN/c1-9-4-3-5-10(16(9)20)14(21-2)8-11-13(18)7-6-12(17)15(11)19/h3-7,14,21H,8H2,1-2H3. The molecule has 0 fully saturated rings. The van der Waals surface area contributed by atoms with Crippen molar-refractivity contribution in [2.75, 3.05) is 7.05 Å². The fourth-order valence-electron chi connectivity index (χ4n) is 2.27. The summed E-state index contributed by atoms with van der Waals surface area (Å²) in [7, 11) is 1.80. The molecule has 0 radical (unpaired) electrons. The fraction of sp³-hybridized carbons (Fsp3) is 0.250. The summed E-state index contributed by atoms with van der Waals surface area (Å²) in [5, 5.41) is 3.16. The normalized spacial score (nSPS) is 12.5. The Kier molecular flexibility index (Phi) is 5.73. The molecule has 1 N–H and O–H groups in total. The smallest absolute Gasteiger partial charge is 0.143 e. The van der Waals surface area contributed by atoms with Crippen molar-refractivity contribution in [3.63, 3.8) is 0 Å². The van der Waals surface area contributed by atoms with E-state index in [1.54, 1.807) is 7.05 Å². The van der Waals surface area contributed by atoms with E-state index in [-0.39, 0.29) is 22.5 Å². The molecule has 2 rings (SSSR count). The highest BCUT2D eigenvalue weighted by Gasteiger charge is 2.20. The predicted molar refractivity (Wildman–Crippen MR) is 93.5 cm³/mol. The Balaban J connectivity index is 2.41. The largest absolute Gasteiger partial charge is 0.313 e. The molecule has 0 aromatic heterocycles. The van der Waals surface area contributed by atoms with Crippen LogP contribution in [0.3, 0.4) is 0 Å². The molecule has 0 aliphatic carbocycles. The van der Waals surface area contributed by atoms with Gasteiger partial charge in [0, 0.05) is 15.2 Å². The van der Waals surface area contributed by atoms with Gasteiger partial charge >= 0.3 is 0 Å². The molecule has 112 valence electrons. The Morgan fingerprint density at radius 1 is 1.24 bits per heavy atom. The summed E-state index contributed by atoms with van der Waals surface area (Å²) >= 11 is 5.38. The molecule has 0 saturated carbocycles. The minimum absolute atomic E-state index is 0.0982. The molecule has 0 aliphatic heterocycles. The second-order valence-corrected chi connectivity index (χ2v) is 6.78. The van der Waals surface area contributed by atoms with Gasteiger partial charge in [0.25, 0.3) is 0 Å². The predicted octanol–water partition coefficient (Wildman–Crippen LogP) is 5.14. The summed E-state index contributed by atoms with van der Waals surface area (Å²) in [5.74, 6) is -1.04. The van der Waals surface area contributed by atoms with Crippen LogP contribution in [0.25, 0.3) is 0 Å². The fourth-order valence-corrected chi connectivity index (χ4v) is 3.37. The number of hydrogen-bond donors (Lipinski definition) is 1. The van der Waals surface area contributed by atoms with E-state index in [4.69, 9.17) is 0 Å². The molecule has 0 amide bonds. The number of nitrogens with one attached hydrogen (secondary N) is 1. The topological polar surface area (TPSA) is 12.0 Å². The van der Waals surface area contributed by atoms with Gasteiger partial charge in [-0.3, -0.25) is 0 Å². The third-order valence-electron chi connectivity index (χ3n) is 3.49. The first kappa shape index (κ1) is 16.8. The lowest BCUT2D eigenvalue weighted by Crippen LogP contribution is -2.21. The molecular weight excluding hydrogens is 451 g/mol. The SMILES string of the molecule is CNC(Cc1c(F)ccc(Br)c1F)c1cccc(C)c1I. The van der Waals surface area contributed by atoms with E-state index < -0.39 is 11.6 Å². The molecule has 0 heterocycles. The van der Waals surface area contributed by atoms with Crippen molar-refractivity contribution in [1.29, 1.82) is 0 Å². The van der Waals surface area contributed by atoms with Crippen molar-refractivity contribution in [2.45, 2.75) is 19.4 Å². The third-order valence-corrected chi connectivity index (χ3v) is 5.58. The van der Waals surface area contributed by atoms with Gasteiger partial charge in [0.1, 0.15) is 11.6 Å². The van der Waals surface area contributed by atoms with Gasteiger partial charge in [0.05, 0.1) is 4.47 Å². The van der Waals surface area contributed by atoms with Crippen molar-refractivity contribution in [1.82, 2.24) is 5.32 Å². The summed E-state index contributed by atoms with van der Waals surface area (Å²) in [6, 6.07) is 8.51. The highest BCUT2D eigenvalue weighted by Crippen LogP contribution is 2.29. The van der Waals surface area contributed by atoms with E-state index in [2.05, 4.69) is 43.8 Å². The van der Waals surface area contributed by atoms with E-state index in [1.807, 2.05) is 25.1 Å². The van der Waals surface area contributed by atoms with Crippen LogP contribution < -0.4 is 5.32 Å². The number of hydrogen-bond acceptors (Lipinski definition) is 1. The Bertz CT molecular complexity index is 661. The molecular formula is C16H15BrF2IN. The molecule has 1 atom stereocenters. The molecule has 2 aromatic carbocycles. The maximum atomic E-state index is 14.1. The lowest BCUT2D eigenvalue weighted by Gasteiger charge is -2.20. The zero-order valence-electron chi connectivity index (χ0n) is 11.7. The lowest BCUT2D eigenvalue weighted by atomic mass is 9.97. The van der Waals surface area contributed by atoms with Crippen molar-refractivity contribution < 1.29 is 8.78 Å². The maximum Gasteiger partial charge on any atom is 0.143 e. The molecule has 0 spiro atoms. The summed E-state index contributed by atoms with van der Waals surface area (Å²) in [6.45, 7) is 2.03. The number of rotatable bonds is 4. The van der Waals surface area contributed by atoms with E-state index in [1.165, 1.54) is 12.1 Å². The molecule has 0 saturated heterocycles. The van der Waals surface area contributed by atoms with Crippen LogP contribution in [0.2, 0.25) is 0 Å². The van der Waals surface area contributed by atoms with Crippen LogP contribution in [0, 0.1) is 22.1 Å². The van der Waals surface area contributed by atoms with Gasteiger partial charge in [-0.2, -0.15) is 0 Å². The first-order chi connectivity index (χ1) is 9.95. The van der Waals surface area contributed by atoms with Crippen molar-refractivity contribution in [3.8, 4) is 0 Å². The molecule has 1 nitrogen and oxygen atoms in total. The number of benzene rings is 2. The molecule has 5 heteroatoms. The summed E-state index contributed by atoms with van der Waals surface area (Å²) < 4.78 is 29.5. The zero-order valence-corrected chi connectivity index (χ0v) is 15.4. The lowest BCUT2D eigenvalue weighted by molar-refractivity contribution is 0.511. The Morgan fingerprint density at radius 3 is 2.62 bits per heavy atom. The van der Waals surface area contributed by atoms with Crippen LogP contribution in [0.5, 0.6) is 0 Å². The third kappa shape index (κ3) is 3.63. The number of likely N-dealkylation sites (N-methyl/N-ethyl adjacent to an activating group) is 1. The minimum atomic E-state index is -0.530. The minimum Gasteiger partial charge on any atom is -0.313 e. The zero-order chi connectivity index (χ0) is 15.6. The highest BCUT2D eigenvalue weighted by atomic mass is 127. The second-order valence-electron chi connectivity index (χ2n) is 4.85. The molecule has 0 aliphatic rings. The van der Waals surface area contributed by atoms with Crippen molar-refractivity contribution in [3.05, 3.63) is 66.7 Å². The quantitative estimate of drug-likeness (QED) is 0.486. The van der Waals surface area contributed by atoms with Crippen LogP contribution in [-0.4, -0.2) is 7.05 Å². The van der Waals surface area contributed by atoms with Crippen molar-refractivity contribution in [2.24, 2.45) is 0 Å². The van der Waals surface area contributed by atoms with Gasteiger partial charge < -0.3 is 5.32 Å². The van der Waals surface area contributed by atoms with Gasteiger partial charge in [-0.15, -0.1) is 0 Å². The van der Waals surface area contributed by atoms with Gasteiger partial charge in [0.15, 0.2) is 0 Å². The van der Waals surface area contributed by atoms with Gasteiger partial charge in [-0.05, 0) is 82.2 Å². The summed E-state index contributed by atoms with van der Waals surface area (Å²) in [6.07, 6.45) is 0.257. The molecule has 0 bridgehead atoms. The summed E-state index contributed by atoms with van der Waals surface area (Å²) in [4.78, 5) is 0. The van der Waals surface area contributed by atoms with Gasteiger partial charge in [-0.1, -0.05) is 18.2 Å². The number of halogens is 4. The number of aryl methyl sites for hydroxylation is 1. The maximum absolute atomic E-state index is 14.1. The first-order valence-electron chi connectivity index (χ1n) is 6.50. The summed E-state index contributed by atoms with van der Waals surface area (Å²) in [5.41, 5.74) is 2.31. The van der Waals surface area contributed by atoms with Crippen molar-refractivity contribution >= 4 is 38.5 Å². The van der Waals surface area contributed by atoms with Crippen LogP contribution >= 0.6 is 38.5 Å². The Morgan fingerprint density at radius 2 is 1.95 bits per heavy atom. The van der Waals surface area contributed by atoms with E-state index in [0.29, 0.717) is 0 Å². The van der Waals surface area contributed by atoms with Gasteiger partial charge in [-0.25, -0.2) is 8.78 Å². The molecule has 21 heavy (non-hydrogen) atoms. The average Bonchev–Trinajstić information content (AvgIpc) is 2.47. The van der Waals surface area contributed by atoms with E-state index in [9.17, 15) is 8.78 Å². The highest BCUT2D eigenvalue weighted by molar-refractivity contribution is 14.1. The van der Waals surface area contributed by atoms with Gasteiger partial charge in [0.2, 0.25) is 0 Å². The van der Waals surface area contributed by atoms with Crippen LogP contribution in [0.1, 0.15) is 22.7 Å².